The number of thioether (sulfide) groups is 1. The summed E-state index contributed by atoms with van der Waals surface area (Å²) in [5, 5.41) is 4.83. The van der Waals surface area contributed by atoms with Crippen molar-refractivity contribution in [2.24, 2.45) is 0 Å². The number of carbonyl (C=O) groups excluding carboxylic acids is 3. The molecule has 0 spiro atoms. The van der Waals surface area contributed by atoms with E-state index in [1.54, 1.807) is 30.3 Å². The average Bonchev–Trinajstić information content (AvgIpc) is 3.31. The van der Waals surface area contributed by atoms with Crippen molar-refractivity contribution in [2.75, 3.05) is 13.1 Å². The van der Waals surface area contributed by atoms with Gasteiger partial charge >= 0.3 is 0 Å². The van der Waals surface area contributed by atoms with Crippen molar-refractivity contribution in [3.05, 3.63) is 73.5 Å². The van der Waals surface area contributed by atoms with Crippen LogP contribution in [0.5, 0.6) is 0 Å². The average molecular weight is 425 g/mol. The minimum Gasteiger partial charge on any atom is -0.350 e. The van der Waals surface area contributed by atoms with Gasteiger partial charge < -0.3 is 10.3 Å². The van der Waals surface area contributed by atoms with Crippen LogP contribution in [-0.2, 0) is 4.79 Å². The van der Waals surface area contributed by atoms with Crippen molar-refractivity contribution in [2.45, 2.75) is 0 Å². The van der Waals surface area contributed by atoms with Crippen LogP contribution in [0.3, 0.4) is 0 Å². The highest BCUT2D eigenvalue weighted by Gasteiger charge is 2.34. The molecule has 7 nitrogen and oxygen atoms in total. The van der Waals surface area contributed by atoms with E-state index in [1.807, 2.05) is 17.5 Å². The van der Waals surface area contributed by atoms with Crippen molar-refractivity contribution >= 4 is 57.1 Å². The van der Waals surface area contributed by atoms with Gasteiger partial charge in [-0.1, -0.05) is 24.3 Å². The summed E-state index contributed by atoms with van der Waals surface area (Å²) in [6.45, 7) is 0.142. The monoisotopic (exact) mass is 425 g/mol. The minimum absolute atomic E-state index is 0.0549. The number of para-hydroxylation sites is 1. The molecule has 0 saturated carbocycles. The minimum atomic E-state index is -0.437. The fourth-order valence-electron chi connectivity index (χ4n) is 2.96. The Morgan fingerprint density at radius 2 is 1.97 bits per heavy atom. The second-order valence-corrected chi connectivity index (χ2v) is 8.17. The quantitative estimate of drug-likeness (QED) is 0.612. The van der Waals surface area contributed by atoms with Crippen LogP contribution in [0, 0.1) is 0 Å². The molecule has 4 rings (SSSR count). The fourth-order valence-corrected chi connectivity index (χ4v) is 4.55. The molecule has 1 aliphatic heterocycles. The molecule has 2 aromatic heterocycles. The van der Waals surface area contributed by atoms with Gasteiger partial charge in [-0.15, -0.1) is 11.3 Å². The molecule has 3 aromatic rings. The number of amides is 3. The van der Waals surface area contributed by atoms with Gasteiger partial charge in [-0.2, -0.15) is 0 Å². The van der Waals surface area contributed by atoms with Gasteiger partial charge in [-0.3, -0.25) is 24.1 Å². The molecule has 3 amide bonds. The Kier molecular flexibility index (Phi) is 5.32. The first-order chi connectivity index (χ1) is 14.0. The molecule has 2 N–H and O–H groups in total. The van der Waals surface area contributed by atoms with Gasteiger partial charge in [0.2, 0.25) is 5.56 Å². The summed E-state index contributed by atoms with van der Waals surface area (Å²) < 4.78 is 0. The van der Waals surface area contributed by atoms with E-state index < -0.39 is 5.91 Å². The number of rotatable bonds is 5. The summed E-state index contributed by atoms with van der Waals surface area (Å²) in [7, 11) is 0. The highest BCUT2D eigenvalue weighted by molar-refractivity contribution is 8.18. The van der Waals surface area contributed by atoms with E-state index in [0.29, 0.717) is 15.8 Å². The van der Waals surface area contributed by atoms with Crippen LogP contribution < -0.4 is 10.9 Å². The van der Waals surface area contributed by atoms with E-state index in [2.05, 4.69) is 10.3 Å². The Hall–Kier alpha value is -3.17. The zero-order valence-electron chi connectivity index (χ0n) is 15.0. The van der Waals surface area contributed by atoms with E-state index in [1.165, 1.54) is 17.4 Å². The molecule has 0 bridgehead atoms. The number of carbonyl (C=O) groups is 3. The highest BCUT2D eigenvalue weighted by atomic mass is 32.2. The standard InChI is InChI=1S/C20H15N3O4S2/c24-17-11-14(13-5-1-2-6-15(13)22-17)18(25)21-7-8-23-19(26)16(29-20(23)27)10-12-4-3-9-28-12/h1-6,9-11H,7-8H2,(H,21,25)(H,22,24). The number of imide groups is 1. The summed E-state index contributed by atoms with van der Waals surface area (Å²) in [5.41, 5.74) is 0.435. The Morgan fingerprint density at radius 3 is 2.76 bits per heavy atom. The smallest absolute Gasteiger partial charge is 0.293 e. The maximum atomic E-state index is 12.6. The lowest BCUT2D eigenvalue weighted by molar-refractivity contribution is -0.122. The third kappa shape index (κ3) is 4.01. The number of aromatic nitrogens is 1. The summed E-state index contributed by atoms with van der Waals surface area (Å²) in [6, 6.07) is 12.0. The number of pyridine rings is 1. The molecule has 29 heavy (non-hydrogen) atoms. The summed E-state index contributed by atoms with van der Waals surface area (Å²) in [6.07, 6.45) is 1.69. The number of hydrogen-bond acceptors (Lipinski definition) is 6. The number of nitrogens with one attached hydrogen (secondary N) is 2. The molecule has 9 heteroatoms. The van der Waals surface area contributed by atoms with Crippen LogP contribution in [-0.4, -0.2) is 40.0 Å². The lowest BCUT2D eigenvalue weighted by Crippen LogP contribution is -2.37. The van der Waals surface area contributed by atoms with Crippen LogP contribution in [0.2, 0.25) is 0 Å². The van der Waals surface area contributed by atoms with Crippen molar-refractivity contribution in [1.29, 1.82) is 0 Å². The summed E-state index contributed by atoms with van der Waals surface area (Å²) in [4.78, 5) is 54.0. The molecule has 1 fully saturated rings. The molecule has 146 valence electrons. The van der Waals surface area contributed by atoms with Gasteiger partial charge in [0.05, 0.1) is 10.5 Å². The largest absolute Gasteiger partial charge is 0.350 e. The van der Waals surface area contributed by atoms with Gasteiger partial charge in [0.25, 0.3) is 17.1 Å². The molecular formula is C20H15N3O4S2. The van der Waals surface area contributed by atoms with Crippen LogP contribution >= 0.6 is 23.1 Å². The lowest BCUT2D eigenvalue weighted by atomic mass is 10.1. The predicted octanol–water partition coefficient (Wildman–Crippen LogP) is 3.06. The van der Waals surface area contributed by atoms with Gasteiger partial charge in [0, 0.05) is 34.9 Å². The van der Waals surface area contributed by atoms with Crippen LogP contribution in [0.1, 0.15) is 15.2 Å². The molecule has 1 aliphatic rings. The van der Waals surface area contributed by atoms with Crippen LogP contribution in [0.25, 0.3) is 17.0 Å². The molecule has 0 aliphatic carbocycles. The molecular weight excluding hydrogens is 410 g/mol. The first-order valence-corrected chi connectivity index (χ1v) is 10.4. The second-order valence-electron chi connectivity index (χ2n) is 6.20. The zero-order valence-corrected chi connectivity index (χ0v) is 16.6. The third-order valence-electron chi connectivity index (χ3n) is 4.31. The van der Waals surface area contributed by atoms with Gasteiger partial charge in [0.1, 0.15) is 0 Å². The number of H-pyrrole nitrogens is 1. The molecule has 1 saturated heterocycles. The predicted molar refractivity (Wildman–Crippen MR) is 114 cm³/mol. The van der Waals surface area contributed by atoms with E-state index in [-0.39, 0.29) is 35.4 Å². The lowest BCUT2D eigenvalue weighted by Gasteiger charge is -2.13. The van der Waals surface area contributed by atoms with Crippen LogP contribution in [0.15, 0.2) is 57.5 Å². The van der Waals surface area contributed by atoms with E-state index in [4.69, 9.17) is 0 Å². The summed E-state index contributed by atoms with van der Waals surface area (Å²) in [5.74, 6) is -0.808. The highest BCUT2D eigenvalue weighted by Crippen LogP contribution is 2.32. The Labute approximate surface area is 173 Å². The number of benzene rings is 1. The molecule has 0 unspecified atom stereocenters. The number of nitrogens with zero attached hydrogens (tertiary/aromatic N) is 1. The Bertz CT molecular complexity index is 1200. The van der Waals surface area contributed by atoms with E-state index in [9.17, 15) is 19.2 Å². The molecule has 3 heterocycles. The van der Waals surface area contributed by atoms with Gasteiger partial charge in [0.15, 0.2) is 0 Å². The van der Waals surface area contributed by atoms with Crippen molar-refractivity contribution in [3.8, 4) is 0 Å². The van der Waals surface area contributed by atoms with Crippen molar-refractivity contribution in [1.82, 2.24) is 15.2 Å². The molecule has 1 aromatic carbocycles. The first-order valence-electron chi connectivity index (χ1n) is 8.72. The number of aromatic amines is 1. The Morgan fingerprint density at radius 1 is 1.14 bits per heavy atom. The van der Waals surface area contributed by atoms with Crippen LogP contribution in [0.4, 0.5) is 4.79 Å². The maximum Gasteiger partial charge on any atom is 0.293 e. The molecule has 0 atom stereocenters. The van der Waals surface area contributed by atoms with Crippen molar-refractivity contribution < 1.29 is 14.4 Å². The zero-order chi connectivity index (χ0) is 20.4. The third-order valence-corrected chi connectivity index (χ3v) is 6.03. The molecule has 0 radical (unpaired) electrons. The van der Waals surface area contributed by atoms with E-state index in [0.717, 1.165) is 21.5 Å². The number of fused-ring (bicyclic) bond motifs is 1. The van der Waals surface area contributed by atoms with Gasteiger partial charge in [-0.25, -0.2) is 0 Å². The maximum absolute atomic E-state index is 12.6. The second kappa shape index (κ2) is 8.06. The van der Waals surface area contributed by atoms with Crippen molar-refractivity contribution in [3.63, 3.8) is 0 Å². The Balaban J connectivity index is 1.43. The number of hydrogen-bond donors (Lipinski definition) is 2. The van der Waals surface area contributed by atoms with E-state index >= 15 is 0 Å². The summed E-state index contributed by atoms with van der Waals surface area (Å²) >= 11 is 2.36. The normalized spacial score (nSPS) is 15.4. The number of thiophene rings is 1. The first kappa shape index (κ1) is 19.2. The van der Waals surface area contributed by atoms with Gasteiger partial charge in [-0.05, 0) is 35.4 Å². The fraction of sp³-hybridized carbons (Fsp3) is 0.100. The topological polar surface area (TPSA) is 99.3 Å². The SMILES string of the molecule is O=C(NCCN1C(=O)SC(=Cc2cccs2)C1=O)c1cc(=O)[nH]c2ccccc12.